The Morgan fingerprint density at radius 2 is 1.96 bits per heavy atom. The van der Waals surface area contributed by atoms with Gasteiger partial charge in [0.1, 0.15) is 0 Å². The average Bonchev–Trinajstić information content (AvgIpc) is 3.06. The van der Waals surface area contributed by atoms with Crippen molar-refractivity contribution in [2.75, 3.05) is 13.1 Å². The highest BCUT2D eigenvalue weighted by Gasteiger charge is 2.37. The zero-order chi connectivity index (χ0) is 17.0. The van der Waals surface area contributed by atoms with Crippen LogP contribution in [0.15, 0.2) is 47.3 Å². The topological polar surface area (TPSA) is 71.0 Å². The minimum absolute atomic E-state index is 0.0288. The molecule has 1 fully saturated rings. The van der Waals surface area contributed by atoms with Crippen molar-refractivity contribution in [1.82, 2.24) is 19.7 Å². The number of likely N-dealkylation sites (tertiary alicyclic amines) is 1. The van der Waals surface area contributed by atoms with Gasteiger partial charge in [-0.25, -0.2) is 0 Å². The lowest BCUT2D eigenvalue weighted by Gasteiger charge is -2.42. The van der Waals surface area contributed by atoms with Gasteiger partial charge < -0.3 is 9.47 Å². The number of H-pyrrole nitrogens is 1. The normalized spacial score (nSPS) is 22.0. The number of benzene rings is 1. The molecule has 1 saturated heterocycles. The largest absolute Gasteiger partial charge is 0.336 e. The van der Waals surface area contributed by atoms with Gasteiger partial charge in [0.05, 0.1) is 5.52 Å². The maximum atomic E-state index is 13.1. The van der Waals surface area contributed by atoms with Crippen LogP contribution < -0.4 is 5.56 Å². The summed E-state index contributed by atoms with van der Waals surface area (Å²) in [6.45, 7) is 2.01. The molecule has 2 aromatic heterocycles. The predicted octanol–water partition coefficient (Wildman–Crippen LogP) is 1.98. The number of rotatable bonds is 1. The smallest absolute Gasteiger partial charge is 0.275 e. The van der Waals surface area contributed by atoms with Crippen LogP contribution in [-0.4, -0.2) is 38.7 Å². The molecule has 1 aromatic carbocycles. The molecule has 0 spiro atoms. The second kappa shape index (κ2) is 5.31. The summed E-state index contributed by atoms with van der Waals surface area (Å²) in [7, 11) is 0. The van der Waals surface area contributed by atoms with E-state index in [1.54, 1.807) is 6.07 Å². The summed E-state index contributed by atoms with van der Waals surface area (Å²) in [4.78, 5) is 27.1. The second-order valence-electron chi connectivity index (χ2n) is 7.03. The molecule has 4 heterocycles. The van der Waals surface area contributed by atoms with E-state index in [0.717, 1.165) is 23.0 Å². The number of nitrogens with zero attached hydrogens (tertiary/aromatic N) is 3. The lowest BCUT2D eigenvalue weighted by atomic mass is 9.83. The Morgan fingerprint density at radius 1 is 1.08 bits per heavy atom. The van der Waals surface area contributed by atoms with Crippen LogP contribution in [0.3, 0.4) is 0 Å². The van der Waals surface area contributed by atoms with Crippen molar-refractivity contribution in [3.8, 4) is 0 Å². The highest BCUT2D eigenvalue weighted by Crippen LogP contribution is 2.35. The molecule has 1 N–H and O–H groups in total. The Balaban J connectivity index is 1.49. The van der Waals surface area contributed by atoms with Crippen LogP contribution in [0.2, 0.25) is 0 Å². The zero-order valence-corrected chi connectivity index (χ0v) is 13.7. The molecule has 2 bridgehead atoms. The number of nitrogens with one attached hydrogen (secondary N) is 1. The minimum atomic E-state index is -0.0288. The van der Waals surface area contributed by atoms with Gasteiger partial charge in [-0.15, -0.1) is 0 Å². The molecule has 25 heavy (non-hydrogen) atoms. The van der Waals surface area contributed by atoms with E-state index in [2.05, 4.69) is 10.2 Å². The monoisotopic (exact) mass is 334 g/mol. The van der Waals surface area contributed by atoms with Crippen molar-refractivity contribution in [1.29, 1.82) is 0 Å². The molecule has 3 aromatic rings. The summed E-state index contributed by atoms with van der Waals surface area (Å²) in [6.07, 6.45) is 1.04. The fourth-order valence-corrected chi connectivity index (χ4v) is 4.34. The van der Waals surface area contributed by atoms with Crippen molar-refractivity contribution in [3.05, 3.63) is 64.2 Å². The van der Waals surface area contributed by atoms with E-state index in [9.17, 15) is 9.59 Å². The third kappa shape index (κ3) is 2.21. The number of carbonyl (C=O) groups is 1. The van der Waals surface area contributed by atoms with Crippen molar-refractivity contribution in [2.24, 2.45) is 5.92 Å². The Hall–Kier alpha value is -2.89. The standard InChI is InChI=1S/C19H18N4O2/c24-17-7-3-6-16-13-8-12(10-23(16)17)9-22(11-13)19(25)18-14-4-1-2-5-15(14)20-21-18/h1-7,12-13H,8-11H2,(H,20,21)/t12-,13+/m1/s1. The summed E-state index contributed by atoms with van der Waals surface area (Å²) in [5.74, 6) is 0.509. The van der Waals surface area contributed by atoms with Gasteiger partial charge in [-0.05, 0) is 24.5 Å². The van der Waals surface area contributed by atoms with Crippen LogP contribution in [0.1, 0.15) is 28.5 Å². The van der Waals surface area contributed by atoms with E-state index < -0.39 is 0 Å². The number of hydrogen-bond acceptors (Lipinski definition) is 3. The highest BCUT2D eigenvalue weighted by atomic mass is 16.2. The third-order valence-electron chi connectivity index (χ3n) is 5.44. The predicted molar refractivity (Wildman–Crippen MR) is 93.5 cm³/mol. The van der Waals surface area contributed by atoms with Crippen LogP contribution in [0.25, 0.3) is 10.9 Å². The number of para-hydroxylation sites is 1. The second-order valence-corrected chi connectivity index (χ2v) is 7.03. The molecule has 0 radical (unpaired) electrons. The van der Waals surface area contributed by atoms with E-state index in [1.807, 2.05) is 45.9 Å². The molecule has 126 valence electrons. The Morgan fingerprint density at radius 3 is 2.88 bits per heavy atom. The molecule has 0 saturated carbocycles. The van der Waals surface area contributed by atoms with E-state index in [-0.39, 0.29) is 17.4 Å². The number of pyridine rings is 1. The van der Waals surface area contributed by atoms with Gasteiger partial charge >= 0.3 is 0 Å². The van der Waals surface area contributed by atoms with Gasteiger partial charge in [0.15, 0.2) is 5.69 Å². The number of amides is 1. The molecule has 2 aliphatic heterocycles. The van der Waals surface area contributed by atoms with E-state index in [4.69, 9.17) is 0 Å². The minimum Gasteiger partial charge on any atom is -0.336 e. The van der Waals surface area contributed by atoms with E-state index in [1.165, 1.54) is 0 Å². The molecule has 2 atom stereocenters. The first-order valence-electron chi connectivity index (χ1n) is 8.63. The Labute approximate surface area is 144 Å². The van der Waals surface area contributed by atoms with Crippen molar-refractivity contribution in [3.63, 3.8) is 0 Å². The lowest BCUT2D eigenvalue weighted by molar-refractivity contribution is 0.0590. The number of piperidine rings is 1. The summed E-state index contributed by atoms with van der Waals surface area (Å²) in [5.41, 5.74) is 2.47. The van der Waals surface area contributed by atoms with Crippen LogP contribution in [0, 0.1) is 5.92 Å². The number of fused-ring (bicyclic) bond motifs is 5. The average molecular weight is 334 g/mol. The highest BCUT2D eigenvalue weighted by molar-refractivity contribution is 6.04. The van der Waals surface area contributed by atoms with Crippen LogP contribution in [-0.2, 0) is 6.54 Å². The molecule has 2 aliphatic rings. The van der Waals surface area contributed by atoms with Gasteiger partial charge in [-0.3, -0.25) is 14.7 Å². The van der Waals surface area contributed by atoms with Gasteiger partial charge in [0.2, 0.25) is 0 Å². The first-order chi connectivity index (χ1) is 12.2. The van der Waals surface area contributed by atoms with Crippen molar-refractivity contribution in [2.45, 2.75) is 18.9 Å². The summed E-state index contributed by atoms with van der Waals surface area (Å²) in [6, 6.07) is 13.1. The van der Waals surface area contributed by atoms with E-state index in [0.29, 0.717) is 31.2 Å². The van der Waals surface area contributed by atoms with Gasteiger partial charge in [0, 0.05) is 42.7 Å². The molecule has 6 heteroatoms. The maximum absolute atomic E-state index is 13.1. The zero-order valence-electron chi connectivity index (χ0n) is 13.7. The SMILES string of the molecule is O=C(c1n[nH]c2ccccc12)N1C[C@H]2C[C@@H](C1)c1cccc(=O)n1C2. The van der Waals surface area contributed by atoms with Crippen LogP contribution >= 0.6 is 0 Å². The van der Waals surface area contributed by atoms with E-state index >= 15 is 0 Å². The maximum Gasteiger partial charge on any atom is 0.275 e. The molecule has 0 unspecified atom stereocenters. The van der Waals surface area contributed by atoms with Gasteiger partial charge in [-0.1, -0.05) is 24.3 Å². The fraction of sp³-hybridized carbons (Fsp3) is 0.316. The summed E-state index contributed by atoms with van der Waals surface area (Å²) >= 11 is 0. The molecule has 0 aliphatic carbocycles. The number of aromatic amines is 1. The van der Waals surface area contributed by atoms with Crippen LogP contribution in [0.4, 0.5) is 0 Å². The van der Waals surface area contributed by atoms with Crippen LogP contribution in [0.5, 0.6) is 0 Å². The number of aromatic nitrogens is 3. The third-order valence-corrected chi connectivity index (χ3v) is 5.44. The first kappa shape index (κ1) is 14.5. The van der Waals surface area contributed by atoms with Gasteiger partial charge in [-0.2, -0.15) is 5.10 Å². The lowest BCUT2D eigenvalue weighted by Crippen LogP contribution is -2.49. The Kier molecular flexibility index (Phi) is 3.07. The fourth-order valence-electron chi connectivity index (χ4n) is 4.34. The number of hydrogen-bond donors (Lipinski definition) is 1. The van der Waals surface area contributed by atoms with Gasteiger partial charge in [0.25, 0.3) is 11.5 Å². The van der Waals surface area contributed by atoms with Crippen molar-refractivity contribution < 1.29 is 4.79 Å². The molecule has 1 amide bonds. The molecular formula is C19H18N4O2. The Bertz CT molecular complexity index is 1040. The molecular weight excluding hydrogens is 316 g/mol. The first-order valence-corrected chi connectivity index (χ1v) is 8.63. The van der Waals surface area contributed by atoms with Crippen molar-refractivity contribution >= 4 is 16.8 Å². The molecule has 6 nitrogen and oxygen atoms in total. The number of carbonyl (C=O) groups excluding carboxylic acids is 1. The quantitative estimate of drug-likeness (QED) is 0.740. The summed E-state index contributed by atoms with van der Waals surface area (Å²) < 4.78 is 1.88. The summed E-state index contributed by atoms with van der Waals surface area (Å²) in [5, 5.41) is 8.05. The molecule has 5 rings (SSSR count).